The van der Waals surface area contributed by atoms with Crippen molar-refractivity contribution in [2.45, 2.75) is 24.3 Å². The van der Waals surface area contributed by atoms with Gasteiger partial charge in [0.15, 0.2) is 5.01 Å². The molecule has 0 bridgehead atoms. The summed E-state index contributed by atoms with van der Waals surface area (Å²) in [6.07, 6.45) is 5.54. The minimum Gasteiger partial charge on any atom is -0.450 e. The first kappa shape index (κ1) is 22.8. The van der Waals surface area contributed by atoms with Crippen molar-refractivity contribution < 1.29 is 19.4 Å². The van der Waals surface area contributed by atoms with E-state index in [1.165, 1.54) is 11.3 Å². The van der Waals surface area contributed by atoms with Gasteiger partial charge in [0.05, 0.1) is 17.5 Å². The van der Waals surface area contributed by atoms with Gasteiger partial charge >= 0.3 is 12.2 Å². The van der Waals surface area contributed by atoms with Crippen LogP contribution in [0.25, 0.3) is 11.1 Å². The molecule has 0 spiro atoms. The number of anilines is 1. The van der Waals surface area contributed by atoms with Gasteiger partial charge in [-0.15, -0.1) is 17.8 Å². The summed E-state index contributed by atoms with van der Waals surface area (Å²) < 4.78 is 4.73. The number of carbonyl (C=O) groups excluding carboxylic acids is 1. The van der Waals surface area contributed by atoms with E-state index in [4.69, 9.17) is 16.3 Å². The van der Waals surface area contributed by atoms with Gasteiger partial charge in [0, 0.05) is 5.38 Å². The molecule has 1 heterocycles. The Balaban J connectivity index is 1.54. The first-order chi connectivity index (χ1) is 16.4. The van der Waals surface area contributed by atoms with E-state index in [1.54, 1.807) is 17.5 Å². The number of carbonyl (C=O) groups is 2. The van der Waals surface area contributed by atoms with Gasteiger partial charge in [-0.3, -0.25) is 5.32 Å². The zero-order valence-electron chi connectivity index (χ0n) is 17.9. The van der Waals surface area contributed by atoms with E-state index in [2.05, 4.69) is 27.6 Å². The molecule has 0 radical (unpaired) electrons. The normalized spacial score (nSPS) is 14.2. The topological polar surface area (TPSA) is 124 Å². The molecule has 170 valence electrons. The van der Waals surface area contributed by atoms with Crippen LogP contribution in [0.4, 0.5) is 15.4 Å². The summed E-state index contributed by atoms with van der Waals surface area (Å²) in [7, 11) is 0. The molecular weight excluding hydrogens is 452 g/mol. The highest BCUT2D eigenvalue weighted by molar-refractivity contribution is 7.10. The average molecular weight is 473 g/mol. The van der Waals surface area contributed by atoms with Crippen molar-refractivity contribution >= 4 is 29.3 Å². The van der Waals surface area contributed by atoms with Crippen LogP contribution in [-0.2, 0) is 10.2 Å². The fraction of sp³-hybridized carbons (Fsp3) is 0.200. The maximum atomic E-state index is 12.5. The Labute approximate surface area is 200 Å². The molecule has 1 fully saturated rings. The van der Waals surface area contributed by atoms with E-state index >= 15 is 0 Å². The molecule has 1 aliphatic rings. The van der Waals surface area contributed by atoms with Crippen molar-refractivity contribution in [3.8, 4) is 29.5 Å². The summed E-state index contributed by atoms with van der Waals surface area (Å²) >= 11 is 1.22. The Morgan fingerprint density at radius 3 is 2.59 bits per heavy atom. The molecule has 1 aromatic heterocycles. The smallest absolute Gasteiger partial charge is 0.450 e. The number of nitrogens with one attached hydrogen (secondary N) is 2. The number of urea groups is 1. The van der Waals surface area contributed by atoms with Crippen LogP contribution in [0, 0.1) is 23.7 Å². The lowest BCUT2D eigenvalue weighted by atomic mass is 9.88. The zero-order chi connectivity index (χ0) is 24.1. The lowest BCUT2D eigenvalue weighted by Crippen LogP contribution is -2.35. The van der Waals surface area contributed by atoms with Crippen molar-refractivity contribution in [2.75, 3.05) is 11.9 Å². The van der Waals surface area contributed by atoms with Crippen LogP contribution in [0.3, 0.4) is 0 Å². The van der Waals surface area contributed by atoms with E-state index in [-0.39, 0.29) is 6.61 Å². The predicted octanol–water partition coefficient (Wildman–Crippen LogP) is 4.90. The molecule has 9 heteroatoms. The van der Waals surface area contributed by atoms with Crippen molar-refractivity contribution in [2.24, 2.45) is 0 Å². The zero-order valence-corrected chi connectivity index (χ0v) is 18.8. The fourth-order valence-corrected chi connectivity index (χ4v) is 4.25. The molecule has 1 saturated carbocycles. The Morgan fingerprint density at radius 2 is 1.97 bits per heavy atom. The average Bonchev–Trinajstić information content (AvgIpc) is 3.53. The van der Waals surface area contributed by atoms with Crippen LogP contribution in [0.15, 0.2) is 53.9 Å². The minimum atomic E-state index is -1.44. The van der Waals surface area contributed by atoms with Crippen LogP contribution in [-0.4, -0.2) is 28.9 Å². The highest BCUT2D eigenvalue weighted by atomic mass is 32.1. The largest absolute Gasteiger partial charge is 0.505 e. The molecule has 2 amide bonds. The maximum absolute atomic E-state index is 12.5. The van der Waals surface area contributed by atoms with E-state index in [0.29, 0.717) is 16.4 Å². The summed E-state index contributed by atoms with van der Waals surface area (Å²) in [5.74, 6) is 2.69. The monoisotopic (exact) mass is 472 g/mol. The maximum Gasteiger partial charge on any atom is 0.505 e. The Kier molecular flexibility index (Phi) is 6.48. The number of carboxylic acid groups (broad SMARTS) is 1. The lowest BCUT2D eigenvalue weighted by molar-refractivity contribution is 0.0833. The van der Waals surface area contributed by atoms with Gasteiger partial charge < -0.3 is 15.2 Å². The number of benzene rings is 2. The van der Waals surface area contributed by atoms with Crippen LogP contribution in [0.5, 0.6) is 0 Å². The molecule has 8 nitrogen and oxygen atoms in total. The van der Waals surface area contributed by atoms with Crippen molar-refractivity contribution in [3.63, 3.8) is 0 Å². The second kappa shape index (κ2) is 9.65. The number of hydrogen-bond acceptors (Lipinski definition) is 6. The molecule has 3 aromatic rings. The van der Waals surface area contributed by atoms with Gasteiger partial charge in [0.1, 0.15) is 12.4 Å². The van der Waals surface area contributed by atoms with Gasteiger partial charge in [-0.05, 0) is 41.0 Å². The highest BCUT2D eigenvalue weighted by Gasteiger charge is 2.46. The predicted molar refractivity (Wildman–Crippen MR) is 127 cm³/mol. The number of amides is 2. The highest BCUT2D eigenvalue weighted by Crippen LogP contribution is 2.50. The standard InChI is InChI=1S/C25H20N4O4S/c1-2-22-28-21(14-34-22)29-23(30)27-20(13-33-24(31)32)17-9-7-16(8-10-17)18-5-3-4-6-19(18)25(15-26)11-12-25/h1,3-10,14,20H,11-13H2,(H,31,32)(H2,27,29,30). The molecule has 1 atom stereocenters. The van der Waals surface area contributed by atoms with Crippen LogP contribution >= 0.6 is 11.3 Å². The summed E-state index contributed by atoms with van der Waals surface area (Å²) in [6, 6.07) is 16.3. The molecular formula is C25H20N4O4S. The second-order valence-corrected chi connectivity index (χ2v) is 8.63. The molecule has 2 aromatic carbocycles. The van der Waals surface area contributed by atoms with Crippen LogP contribution in [0.1, 0.15) is 35.0 Å². The van der Waals surface area contributed by atoms with E-state index < -0.39 is 23.6 Å². The molecule has 1 aliphatic carbocycles. The molecule has 3 N–H and O–H groups in total. The number of nitriles is 1. The quantitative estimate of drug-likeness (QED) is 0.332. The van der Waals surface area contributed by atoms with E-state index in [1.807, 2.05) is 36.4 Å². The van der Waals surface area contributed by atoms with Crippen molar-refractivity contribution in [1.82, 2.24) is 10.3 Å². The SMILES string of the molecule is C#Cc1nc(NC(=O)NC(COC(=O)O)c2ccc(-c3ccccc3C3(C#N)CC3)cc2)cs1. The third-order valence-electron chi connectivity index (χ3n) is 5.58. The van der Waals surface area contributed by atoms with E-state index in [9.17, 15) is 14.9 Å². The first-order valence-electron chi connectivity index (χ1n) is 10.4. The molecule has 34 heavy (non-hydrogen) atoms. The Morgan fingerprint density at radius 1 is 1.24 bits per heavy atom. The third-order valence-corrected chi connectivity index (χ3v) is 6.35. The van der Waals surface area contributed by atoms with Crippen molar-refractivity contribution in [3.05, 3.63) is 70.0 Å². The Bertz CT molecular complexity index is 1300. The number of terminal acetylenes is 1. The summed E-state index contributed by atoms with van der Waals surface area (Å²) in [5, 5.41) is 25.9. The molecule has 1 unspecified atom stereocenters. The molecule has 4 rings (SSSR count). The first-order valence-corrected chi connectivity index (χ1v) is 11.3. The van der Waals surface area contributed by atoms with Gasteiger partial charge in [0.2, 0.25) is 0 Å². The lowest BCUT2D eigenvalue weighted by Gasteiger charge is -2.19. The minimum absolute atomic E-state index is 0.275. The number of thiazole rings is 1. The summed E-state index contributed by atoms with van der Waals surface area (Å²) in [6.45, 7) is -0.275. The van der Waals surface area contributed by atoms with Gasteiger partial charge in [-0.1, -0.05) is 48.5 Å². The fourth-order valence-electron chi connectivity index (χ4n) is 3.70. The summed E-state index contributed by atoms with van der Waals surface area (Å²) in [4.78, 5) is 27.5. The Hall–Kier alpha value is -4.34. The second-order valence-electron chi connectivity index (χ2n) is 7.77. The van der Waals surface area contributed by atoms with Crippen molar-refractivity contribution in [1.29, 1.82) is 5.26 Å². The number of ether oxygens (including phenoxy) is 1. The molecule has 0 aliphatic heterocycles. The van der Waals surface area contributed by atoms with Gasteiger partial charge in [-0.25, -0.2) is 14.6 Å². The van der Waals surface area contributed by atoms with E-state index in [0.717, 1.165) is 29.5 Å². The molecule has 0 saturated heterocycles. The number of nitrogens with zero attached hydrogens (tertiary/aromatic N) is 2. The van der Waals surface area contributed by atoms with Gasteiger partial charge in [-0.2, -0.15) is 5.26 Å². The van der Waals surface area contributed by atoms with Crippen LogP contribution < -0.4 is 10.6 Å². The third kappa shape index (κ3) is 5.01. The number of rotatable bonds is 7. The number of hydrogen-bond donors (Lipinski definition) is 3. The summed E-state index contributed by atoms with van der Waals surface area (Å²) in [5.41, 5.74) is 3.13. The van der Waals surface area contributed by atoms with Gasteiger partial charge in [0.25, 0.3) is 0 Å². The number of aromatic nitrogens is 1. The van der Waals surface area contributed by atoms with Crippen LogP contribution in [0.2, 0.25) is 0 Å².